The fourth-order valence-electron chi connectivity index (χ4n) is 3.50. The highest BCUT2D eigenvalue weighted by Crippen LogP contribution is 2.32. The summed E-state index contributed by atoms with van der Waals surface area (Å²) in [6.07, 6.45) is 0. The second-order valence-corrected chi connectivity index (χ2v) is 7.12. The SMILES string of the molecule is Cc1c(C(=O)N2CCn3c2nc2ccccc23)oc2ccc(Br)cc12. The number of halogens is 1. The van der Waals surface area contributed by atoms with Crippen molar-refractivity contribution in [2.75, 3.05) is 11.4 Å². The smallest absolute Gasteiger partial charge is 0.296 e. The Morgan fingerprint density at radius 2 is 2.04 bits per heavy atom. The third-order valence-corrected chi connectivity index (χ3v) is 5.25. The first-order valence-electron chi connectivity index (χ1n) is 8.09. The van der Waals surface area contributed by atoms with Gasteiger partial charge in [0.1, 0.15) is 5.58 Å². The largest absolute Gasteiger partial charge is 0.451 e. The van der Waals surface area contributed by atoms with Crippen molar-refractivity contribution in [3.05, 3.63) is 58.3 Å². The van der Waals surface area contributed by atoms with Crippen molar-refractivity contribution < 1.29 is 9.21 Å². The van der Waals surface area contributed by atoms with Gasteiger partial charge in [0.25, 0.3) is 5.91 Å². The molecule has 5 rings (SSSR count). The maximum absolute atomic E-state index is 13.1. The molecule has 0 saturated carbocycles. The number of imidazole rings is 1. The van der Waals surface area contributed by atoms with E-state index in [1.807, 2.05) is 49.4 Å². The molecule has 0 unspecified atom stereocenters. The summed E-state index contributed by atoms with van der Waals surface area (Å²) in [6, 6.07) is 13.7. The lowest BCUT2D eigenvalue weighted by molar-refractivity contribution is 0.0963. The summed E-state index contributed by atoms with van der Waals surface area (Å²) in [5.74, 6) is 0.930. The van der Waals surface area contributed by atoms with Crippen LogP contribution in [0, 0.1) is 6.92 Å². The Balaban J connectivity index is 1.62. The number of rotatable bonds is 1. The van der Waals surface area contributed by atoms with E-state index in [9.17, 15) is 4.79 Å². The van der Waals surface area contributed by atoms with E-state index < -0.39 is 0 Å². The molecule has 1 aliphatic heterocycles. The van der Waals surface area contributed by atoms with E-state index in [0.29, 0.717) is 18.3 Å². The summed E-state index contributed by atoms with van der Waals surface area (Å²) in [5.41, 5.74) is 3.53. The highest BCUT2D eigenvalue weighted by Gasteiger charge is 2.32. The Bertz CT molecular complexity index is 1160. The van der Waals surface area contributed by atoms with Gasteiger partial charge >= 0.3 is 0 Å². The third-order valence-electron chi connectivity index (χ3n) is 4.76. The van der Waals surface area contributed by atoms with E-state index in [0.717, 1.165) is 38.6 Å². The molecule has 25 heavy (non-hydrogen) atoms. The maximum Gasteiger partial charge on any atom is 0.296 e. The highest BCUT2D eigenvalue weighted by atomic mass is 79.9. The average Bonchev–Trinajstić information content (AvgIpc) is 3.27. The summed E-state index contributed by atoms with van der Waals surface area (Å²) in [6.45, 7) is 3.27. The summed E-state index contributed by atoms with van der Waals surface area (Å²) in [7, 11) is 0. The van der Waals surface area contributed by atoms with Gasteiger partial charge < -0.3 is 8.98 Å². The summed E-state index contributed by atoms with van der Waals surface area (Å²) >= 11 is 3.47. The van der Waals surface area contributed by atoms with Crippen LogP contribution < -0.4 is 4.90 Å². The number of aromatic nitrogens is 2. The Morgan fingerprint density at radius 3 is 2.92 bits per heavy atom. The molecule has 0 radical (unpaired) electrons. The lowest BCUT2D eigenvalue weighted by Gasteiger charge is -2.12. The van der Waals surface area contributed by atoms with Gasteiger partial charge in [0.15, 0.2) is 5.76 Å². The Hall–Kier alpha value is -2.60. The molecule has 4 aromatic rings. The van der Waals surface area contributed by atoms with Gasteiger partial charge in [-0.25, -0.2) is 4.98 Å². The Morgan fingerprint density at radius 1 is 1.20 bits per heavy atom. The minimum atomic E-state index is -0.140. The number of hydrogen-bond acceptors (Lipinski definition) is 3. The van der Waals surface area contributed by atoms with E-state index in [-0.39, 0.29) is 5.91 Å². The molecular weight excluding hydrogens is 382 g/mol. The lowest BCUT2D eigenvalue weighted by atomic mass is 10.1. The zero-order valence-electron chi connectivity index (χ0n) is 13.5. The van der Waals surface area contributed by atoms with Crippen LogP contribution in [0.3, 0.4) is 0 Å². The van der Waals surface area contributed by atoms with Crippen LogP contribution in [0.25, 0.3) is 22.0 Å². The zero-order chi connectivity index (χ0) is 17.1. The number of nitrogens with zero attached hydrogens (tertiary/aromatic N) is 3. The van der Waals surface area contributed by atoms with Gasteiger partial charge in [0.2, 0.25) is 5.95 Å². The van der Waals surface area contributed by atoms with Gasteiger partial charge in [-0.05, 0) is 37.3 Å². The van der Waals surface area contributed by atoms with Gasteiger partial charge in [0, 0.05) is 28.5 Å². The van der Waals surface area contributed by atoms with Crippen LogP contribution in [-0.4, -0.2) is 22.0 Å². The van der Waals surface area contributed by atoms with Gasteiger partial charge in [0.05, 0.1) is 11.0 Å². The van der Waals surface area contributed by atoms with E-state index >= 15 is 0 Å². The number of aryl methyl sites for hydroxylation is 1. The molecule has 0 N–H and O–H groups in total. The molecule has 2 aromatic carbocycles. The number of carbonyl (C=O) groups is 1. The van der Waals surface area contributed by atoms with Crippen molar-refractivity contribution >= 4 is 49.8 Å². The van der Waals surface area contributed by atoms with Gasteiger partial charge in [-0.3, -0.25) is 9.69 Å². The molecule has 0 atom stereocenters. The number of benzene rings is 2. The van der Waals surface area contributed by atoms with Crippen molar-refractivity contribution in [3.63, 3.8) is 0 Å². The second-order valence-electron chi connectivity index (χ2n) is 6.21. The summed E-state index contributed by atoms with van der Waals surface area (Å²) < 4.78 is 8.92. The van der Waals surface area contributed by atoms with Crippen LogP contribution in [0.2, 0.25) is 0 Å². The van der Waals surface area contributed by atoms with Crippen molar-refractivity contribution in [1.29, 1.82) is 0 Å². The molecule has 0 bridgehead atoms. The molecule has 2 aromatic heterocycles. The lowest BCUT2D eigenvalue weighted by Crippen LogP contribution is -2.29. The molecule has 124 valence electrons. The van der Waals surface area contributed by atoms with E-state index in [2.05, 4.69) is 25.5 Å². The maximum atomic E-state index is 13.1. The van der Waals surface area contributed by atoms with Crippen molar-refractivity contribution in [2.45, 2.75) is 13.5 Å². The number of para-hydroxylation sites is 2. The van der Waals surface area contributed by atoms with E-state index in [1.165, 1.54) is 0 Å². The zero-order valence-corrected chi connectivity index (χ0v) is 15.1. The topological polar surface area (TPSA) is 51.3 Å². The van der Waals surface area contributed by atoms with Gasteiger partial charge in [-0.2, -0.15) is 0 Å². The Labute approximate surface area is 152 Å². The standard InChI is InChI=1S/C19H14BrN3O2/c1-11-13-10-12(20)6-7-16(13)25-17(11)18(24)23-9-8-22-15-5-3-2-4-14(15)21-19(22)23/h2-7,10H,8-9H2,1H3. The molecule has 0 fully saturated rings. The molecule has 5 nitrogen and oxygen atoms in total. The van der Waals surface area contributed by atoms with Crippen molar-refractivity contribution in [1.82, 2.24) is 9.55 Å². The fraction of sp³-hybridized carbons (Fsp3) is 0.158. The van der Waals surface area contributed by atoms with Crippen LogP contribution in [-0.2, 0) is 6.54 Å². The molecule has 1 amide bonds. The van der Waals surface area contributed by atoms with Gasteiger partial charge in [-0.1, -0.05) is 28.1 Å². The number of anilines is 1. The number of carbonyl (C=O) groups excluding carboxylic acids is 1. The van der Waals surface area contributed by atoms with Crippen LogP contribution in [0.5, 0.6) is 0 Å². The first-order valence-corrected chi connectivity index (χ1v) is 8.88. The molecule has 3 heterocycles. The van der Waals surface area contributed by atoms with Crippen molar-refractivity contribution in [2.24, 2.45) is 0 Å². The highest BCUT2D eigenvalue weighted by molar-refractivity contribution is 9.10. The second kappa shape index (κ2) is 5.20. The van der Waals surface area contributed by atoms with Crippen molar-refractivity contribution in [3.8, 4) is 0 Å². The monoisotopic (exact) mass is 395 g/mol. The number of hydrogen-bond donors (Lipinski definition) is 0. The average molecular weight is 396 g/mol. The number of fused-ring (bicyclic) bond motifs is 4. The minimum Gasteiger partial charge on any atom is -0.451 e. The quantitative estimate of drug-likeness (QED) is 0.476. The third kappa shape index (κ3) is 2.07. The summed E-state index contributed by atoms with van der Waals surface area (Å²) in [5, 5.41) is 0.949. The normalized spacial score (nSPS) is 13.8. The summed E-state index contributed by atoms with van der Waals surface area (Å²) in [4.78, 5) is 19.5. The molecule has 1 aliphatic rings. The number of amides is 1. The fourth-order valence-corrected chi connectivity index (χ4v) is 3.86. The molecule has 0 aliphatic carbocycles. The predicted molar refractivity (Wildman–Crippen MR) is 100 cm³/mol. The molecular formula is C19H14BrN3O2. The number of furan rings is 1. The van der Waals surface area contributed by atoms with Crippen LogP contribution in [0.15, 0.2) is 51.4 Å². The van der Waals surface area contributed by atoms with Crippen LogP contribution in [0.4, 0.5) is 5.95 Å². The molecule has 0 spiro atoms. The van der Waals surface area contributed by atoms with E-state index in [4.69, 9.17) is 4.42 Å². The predicted octanol–water partition coefficient (Wildman–Crippen LogP) is 4.51. The molecule has 0 saturated heterocycles. The van der Waals surface area contributed by atoms with Crippen LogP contribution >= 0.6 is 15.9 Å². The minimum absolute atomic E-state index is 0.140. The van der Waals surface area contributed by atoms with Gasteiger partial charge in [-0.15, -0.1) is 0 Å². The van der Waals surface area contributed by atoms with Crippen LogP contribution in [0.1, 0.15) is 16.1 Å². The molecule has 6 heteroatoms. The first kappa shape index (κ1) is 14.7. The van der Waals surface area contributed by atoms with E-state index in [1.54, 1.807) is 4.90 Å². The Kier molecular flexibility index (Phi) is 3.06. The first-order chi connectivity index (χ1) is 12.1.